The zero-order chi connectivity index (χ0) is 16.7. The highest BCUT2D eigenvalue weighted by atomic mass is 19.1. The second-order valence-corrected chi connectivity index (χ2v) is 7.06. The molecule has 5 rings (SSSR count). The van der Waals surface area contributed by atoms with E-state index in [1.165, 1.54) is 25.9 Å². The number of benzene rings is 1. The summed E-state index contributed by atoms with van der Waals surface area (Å²) in [5.74, 6) is 1.05. The number of hydrogen-bond donors (Lipinski definition) is 0. The minimum absolute atomic E-state index is 0.210. The predicted octanol–water partition coefficient (Wildman–Crippen LogP) is 4.06. The quantitative estimate of drug-likeness (QED) is 0.850. The summed E-state index contributed by atoms with van der Waals surface area (Å²) >= 11 is 0. The Kier molecular flexibility index (Phi) is 4.01. The second kappa shape index (κ2) is 6.17. The summed E-state index contributed by atoms with van der Waals surface area (Å²) in [6.07, 6.45) is 4.33. The SMILES string of the molecule is Cc1ccc(-c2ccc(O[C@@H]3C4CCN(CC4)[C@H]3C)nc2)c(F)c1. The lowest BCUT2D eigenvalue weighted by atomic mass is 9.81. The van der Waals surface area contributed by atoms with E-state index in [9.17, 15) is 4.39 Å². The van der Waals surface area contributed by atoms with Gasteiger partial charge in [0.2, 0.25) is 5.88 Å². The van der Waals surface area contributed by atoms with Gasteiger partial charge in [-0.05, 0) is 63.4 Å². The smallest absolute Gasteiger partial charge is 0.213 e. The highest BCUT2D eigenvalue weighted by molar-refractivity contribution is 5.63. The van der Waals surface area contributed by atoms with Crippen molar-refractivity contribution >= 4 is 0 Å². The van der Waals surface area contributed by atoms with E-state index in [0.717, 1.165) is 11.1 Å². The highest BCUT2D eigenvalue weighted by Crippen LogP contribution is 2.34. The highest BCUT2D eigenvalue weighted by Gasteiger charge is 2.41. The predicted molar refractivity (Wildman–Crippen MR) is 92.5 cm³/mol. The topological polar surface area (TPSA) is 25.4 Å². The monoisotopic (exact) mass is 326 g/mol. The van der Waals surface area contributed by atoms with Crippen LogP contribution in [0.5, 0.6) is 5.88 Å². The van der Waals surface area contributed by atoms with Gasteiger partial charge < -0.3 is 4.74 Å². The van der Waals surface area contributed by atoms with Crippen LogP contribution in [0.25, 0.3) is 11.1 Å². The first-order valence-electron chi connectivity index (χ1n) is 8.75. The summed E-state index contributed by atoms with van der Waals surface area (Å²) < 4.78 is 20.3. The van der Waals surface area contributed by atoms with E-state index < -0.39 is 0 Å². The van der Waals surface area contributed by atoms with E-state index in [2.05, 4.69) is 16.8 Å². The van der Waals surface area contributed by atoms with Crippen LogP contribution in [0, 0.1) is 18.7 Å². The normalized spacial score (nSPS) is 28.8. The van der Waals surface area contributed by atoms with Gasteiger partial charge in [0.15, 0.2) is 0 Å². The van der Waals surface area contributed by atoms with Gasteiger partial charge in [0.25, 0.3) is 0 Å². The lowest BCUT2D eigenvalue weighted by Crippen LogP contribution is -2.58. The van der Waals surface area contributed by atoms with Gasteiger partial charge in [0, 0.05) is 29.4 Å². The lowest BCUT2D eigenvalue weighted by Gasteiger charge is -2.49. The van der Waals surface area contributed by atoms with Crippen molar-refractivity contribution in [1.82, 2.24) is 9.88 Å². The average Bonchev–Trinajstić information content (AvgIpc) is 2.59. The molecular formula is C20H23FN2O. The van der Waals surface area contributed by atoms with Gasteiger partial charge >= 0.3 is 0 Å². The molecule has 3 aliphatic heterocycles. The summed E-state index contributed by atoms with van der Waals surface area (Å²) in [5, 5.41) is 0. The summed E-state index contributed by atoms with van der Waals surface area (Å²) in [6.45, 7) is 6.50. The maximum Gasteiger partial charge on any atom is 0.213 e. The Bertz CT molecular complexity index is 721. The van der Waals surface area contributed by atoms with Gasteiger partial charge in [-0.1, -0.05) is 12.1 Å². The number of fused-ring (bicyclic) bond motifs is 3. The molecule has 126 valence electrons. The molecule has 0 amide bonds. The van der Waals surface area contributed by atoms with Crippen LogP contribution in [0.3, 0.4) is 0 Å². The van der Waals surface area contributed by atoms with Crippen LogP contribution < -0.4 is 4.74 Å². The van der Waals surface area contributed by atoms with Crippen molar-refractivity contribution in [1.29, 1.82) is 0 Å². The first-order valence-corrected chi connectivity index (χ1v) is 8.75. The Labute approximate surface area is 142 Å². The van der Waals surface area contributed by atoms with E-state index in [0.29, 0.717) is 23.4 Å². The van der Waals surface area contributed by atoms with Crippen LogP contribution in [0.1, 0.15) is 25.3 Å². The van der Waals surface area contributed by atoms with Gasteiger partial charge in [0.05, 0.1) is 0 Å². The third kappa shape index (κ3) is 2.80. The second-order valence-electron chi connectivity index (χ2n) is 7.06. The standard InChI is InChI=1S/C20H23FN2O/c1-13-3-5-17(18(21)11-13)16-4-6-19(22-12-16)24-20-14(2)23-9-7-15(20)8-10-23/h3-6,11-12,14-15,20H,7-10H2,1-2H3/t14-,20-/m0/s1. The minimum atomic E-state index is -0.212. The minimum Gasteiger partial charge on any atom is -0.472 e. The molecule has 24 heavy (non-hydrogen) atoms. The van der Waals surface area contributed by atoms with E-state index in [1.54, 1.807) is 18.3 Å². The molecule has 0 radical (unpaired) electrons. The number of nitrogens with zero attached hydrogens (tertiary/aromatic N) is 2. The molecule has 0 spiro atoms. The number of pyridine rings is 1. The van der Waals surface area contributed by atoms with Crippen molar-refractivity contribution in [3.63, 3.8) is 0 Å². The molecule has 2 atom stereocenters. The van der Waals surface area contributed by atoms with Crippen molar-refractivity contribution in [3.8, 4) is 17.0 Å². The first-order chi connectivity index (χ1) is 11.6. The Morgan fingerprint density at radius 3 is 2.58 bits per heavy atom. The molecule has 2 bridgehead atoms. The van der Waals surface area contributed by atoms with E-state index >= 15 is 0 Å². The third-order valence-corrected chi connectivity index (χ3v) is 5.52. The maximum atomic E-state index is 14.1. The zero-order valence-electron chi connectivity index (χ0n) is 14.2. The largest absolute Gasteiger partial charge is 0.472 e. The Hall–Kier alpha value is -1.94. The fourth-order valence-electron chi connectivity index (χ4n) is 4.05. The van der Waals surface area contributed by atoms with Crippen molar-refractivity contribution in [2.24, 2.45) is 5.92 Å². The Morgan fingerprint density at radius 2 is 1.96 bits per heavy atom. The van der Waals surface area contributed by atoms with E-state index in [1.807, 2.05) is 25.1 Å². The van der Waals surface area contributed by atoms with Crippen molar-refractivity contribution < 1.29 is 9.13 Å². The van der Waals surface area contributed by atoms with Gasteiger partial charge in [-0.2, -0.15) is 0 Å². The number of aryl methyl sites for hydroxylation is 1. The van der Waals surface area contributed by atoms with Crippen molar-refractivity contribution in [2.75, 3.05) is 13.1 Å². The molecule has 1 aromatic carbocycles. The fourth-order valence-corrected chi connectivity index (χ4v) is 4.05. The summed E-state index contributed by atoms with van der Waals surface area (Å²) in [5.41, 5.74) is 2.28. The van der Waals surface area contributed by atoms with Crippen LogP contribution >= 0.6 is 0 Å². The summed E-state index contributed by atoms with van der Waals surface area (Å²) in [7, 11) is 0. The molecule has 0 unspecified atom stereocenters. The zero-order valence-corrected chi connectivity index (χ0v) is 14.2. The van der Waals surface area contributed by atoms with Gasteiger partial charge in [0.1, 0.15) is 11.9 Å². The first kappa shape index (κ1) is 15.6. The lowest BCUT2D eigenvalue weighted by molar-refractivity contribution is -0.0525. The van der Waals surface area contributed by atoms with Gasteiger partial charge in [-0.25, -0.2) is 9.37 Å². The number of ether oxygens (including phenoxy) is 1. The Morgan fingerprint density at radius 1 is 1.17 bits per heavy atom. The van der Waals surface area contributed by atoms with Gasteiger partial charge in [-0.3, -0.25) is 4.90 Å². The van der Waals surface area contributed by atoms with Crippen LogP contribution in [-0.2, 0) is 0 Å². The van der Waals surface area contributed by atoms with E-state index in [4.69, 9.17) is 4.74 Å². The molecule has 3 saturated heterocycles. The molecule has 0 saturated carbocycles. The number of aromatic nitrogens is 1. The molecule has 3 nitrogen and oxygen atoms in total. The molecule has 0 N–H and O–H groups in total. The van der Waals surface area contributed by atoms with Crippen LogP contribution in [0.4, 0.5) is 4.39 Å². The van der Waals surface area contributed by atoms with E-state index in [-0.39, 0.29) is 11.9 Å². The summed E-state index contributed by atoms with van der Waals surface area (Å²) in [6, 6.07) is 9.46. The summed E-state index contributed by atoms with van der Waals surface area (Å²) in [4.78, 5) is 6.92. The van der Waals surface area contributed by atoms with Crippen molar-refractivity contribution in [3.05, 3.63) is 47.9 Å². The van der Waals surface area contributed by atoms with Crippen LogP contribution in [0.2, 0.25) is 0 Å². The van der Waals surface area contributed by atoms with Crippen LogP contribution in [0.15, 0.2) is 36.5 Å². The third-order valence-electron chi connectivity index (χ3n) is 5.52. The van der Waals surface area contributed by atoms with Gasteiger partial charge in [-0.15, -0.1) is 0 Å². The number of piperidine rings is 3. The molecular weight excluding hydrogens is 303 g/mol. The Balaban J connectivity index is 1.52. The number of rotatable bonds is 3. The molecule has 1 aromatic heterocycles. The molecule has 3 fully saturated rings. The average molecular weight is 326 g/mol. The molecule has 2 aromatic rings. The molecule has 3 aliphatic rings. The van der Waals surface area contributed by atoms with Crippen molar-refractivity contribution in [2.45, 2.75) is 38.8 Å². The molecule has 4 heterocycles. The van der Waals surface area contributed by atoms with Crippen LogP contribution in [-0.4, -0.2) is 35.1 Å². The fraction of sp³-hybridized carbons (Fsp3) is 0.450. The maximum absolute atomic E-state index is 14.1. The molecule has 4 heteroatoms. The number of halogens is 1. The number of hydrogen-bond acceptors (Lipinski definition) is 3. The molecule has 0 aliphatic carbocycles.